The molecular formula is C23H12Cl2F6N4O3S3. The summed E-state index contributed by atoms with van der Waals surface area (Å²) in [5.74, 6) is 0.277. The molecule has 0 aliphatic rings. The monoisotopic (exact) mass is 672 g/mol. The molecule has 0 amide bonds. The Morgan fingerprint density at radius 1 is 0.805 bits per heavy atom. The van der Waals surface area contributed by atoms with Crippen LogP contribution in [0, 0.1) is 0 Å². The highest BCUT2D eigenvalue weighted by atomic mass is 35.5. The van der Waals surface area contributed by atoms with Crippen LogP contribution in [0.25, 0.3) is 20.4 Å². The predicted molar refractivity (Wildman–Crippen MR) is 145 cm³/mol. The average molecular weight is 673 g/mol. The van der Waals surface area contributed by atoms with Crippen LogP contribution < -0.4 is 4.74 Å². The number of benzene rings is 1. The second kappa shape index (κ2) is 12.5. The van der Waals surface area contributed by atoms with Crippen molar-refractivity contribution in [3.8, 4) is 5.75 Å². The first-order chi connectivity index (χ1) is 19.2. The minimum atomic E-state index is -4.70. The van der Waals surface area contributed by atoms with E-state index < -0.39 is 29.8 Å². The number of thiophene rings is 2. The summed E-state index contributed by atoms with van der Waals surface area (Å²) in [5, 5.41) is 8.56. The lowest BCUT2D eigenvalue weighted by molar-refractivity contribution is -0.205. The Balaban J connectivity index is 0.000000208. The molecule has 4 aromatic heterocycles. The van der Waals surface area contributed by atoms with Crippen molar-refractivity contribution in [3.63, 3.8) is 0 Å². The molecule has 0 bridgehead atoms. The van der Waals surface area contributed by atoms with Crippen molar-refractivity contribution in [2.75, 3.05) is 0 Å². The van der Waals surface area contributed by atoms with Crippen LogP contribution in [0.4, 0.5) is 26.3 Å². The highest BCUT2D eigenvalue weighted by Gasteiger charge is 2.45. The van der Waals surface area contributed by atoms with Crippen molar-refractivity contribution < 1.29 is 40.9 Å². The van der Waals surface area contributed by atoms with Gasteiger partial charge in [0.2, 0.25) is 6.10 Å². The SMILES string of the molecule is FC(F)(F)C(OC(=S)Oc1ccccc1)c1cc2ncnc(Cl)c2s1.OC(c1cc2ncnc(Cl)c2s1)C(F)(F)F. The molecule has 0 aliphatic carbocycles. The number of halogens is 8. The molecule has 1 aromatic carbocycles. The number of aromatic nitrogens is 4. The Morgan fingerprint density at radius 3 is 1.80 bits per heavy atom. The second-order valence-electron chi connectivity index (χ2n) is 7.70. The predicted octanol–water partition coefficient (Wildman–Crippen LogP) is 8.27. The van der Waals surface area contributed by atoms with E-state index in [2.05, 4.69) is 19.9 Å². The molecule has 4 heterocycles. The van der Waals surface area contributed by atoms with E-state index in [1.807, 2.05) is 0 Å². The Kier molecular flexibility index (Phi) is 9.50. The van der Waals surface area contributed by atoms with Crippen LogP contribution in [0.15, 0.2) is 55.1 Å². The van der Waals surface area contributed by atoms with E-state index in [9.17, 15) is 26.3 Å². The van der Waals surface area contributed by atoms with Gasteiger partial charge in [0.15, 0.2) is 6.10 Å². The lowest BCUT2D eigenvalue weighted by Gasteiger charge is -2.20. The van der Waals surface area contributed by atoms with Gasteiger partial charge in [0, 0.05) is 17.1 Å². The van der Waals surface area contributed by atoms with Crippen LogP contribution in [-0.2, 0) is 4.74 Å². The summed E-state index contributed by atoms with van der Waals surface area (Å²) in [6, 6.07) is 10.6. The van der Waals surface area contributed by atoms with Crippen molar-refractivity contribution in [1.82, 2.24) is 19.9 Å². The van der Waals surface area contributed by atoms with Gasteiger partial charge in [0.05, 0.1) is 25.3 Å². The molecule has 0 saturated heterocycles. The van der Waals surface area contributed by atoms with Gasteiger partial charge >= 0.3 is 17.6 Å². The van der Waals surface area contributed by atoms with Crippen LogP contribution in [0.2, 0.25) is 10.3 Å². The van der Waals surface area contributed by atoms with Gasteiger partial charge in [-0.05, 0) is 24.3 Å². The molecule has 1 N–H and O–H groups in total. The van der Waals surface area contributed by atoms with Crippen molar-refractivity contribution in [2.24, 2.45) is 0 Å². The molecule has 5 aromatic rings. The fraction of sp³-hybridized carbons (Fsp3) is 0.174. The van der Waals surface area contributed by atoms with Gasteiger partial charge in [-0.2, -0.15) is 26.3 Å². The fourth-order valence-corrected chi connectivity index (χ4v) is 5.86. The first-order valence-corrected chi connectivity index (χ1v) is 13.6. The van der Waals surface area contributed by atoms with Gasteiger partial charge in [-0.25, -0.2) is 19.9 Å². The van der Waals surface area contributed by atoms with Crippen molar-refractivity contribution in [2.45, 2.75) is 24.6 Å². The number of aliphatic hydroxyl groups is 1. The topological polar surface area (TPSA) is 90.2 Å². The smallest absolute Gasteiger partial charge is 0.430 e. The van der Waals surface area contributed by atoms with E-state index in [-0.39, 0.29) is 25.8 Å². The number of para-hydroxylation sites is 1. The molecule has 2 unspecified atom stereocenters. The Bertz CT molecular complexity index is 1670. The van der Waals surface area contributed by atoms with E-state index >= 15 is 0 Å². The first-order valence-electron chi connectivity index (χ1n) is 10.8. The molecule has 2 atom stereocenters. The van der Waals surface area contributed by atoms with E-state index in [4.69, 9.17) is 50.0 Å². The number of hydrogen-bond donors (Lipinski definition) is 1. The molecule has 5 rings (SSSR count). The second-order valence-corrected chi connectivity index (χ2v) is 10.9. The molecule has 0 radical (unpaired) electrons. The molecule has 41 heavy (non-hydrogen) atoms. The Hall–Kier alpha value is -2.89. The molecule has 0 aliphatic heterocycles. The third-order valence-corrected chi connectivity index (χ3v) is 8.20. The number of nitrogens with zero attached hydrogens (tertiary/aromatic N) is 4. The summed E-state index contributed by atoms with van der Waals surface area (Å²) in [4.78, 5) is 14.7. The van der Waals surface area contributed by atoms with Crippen molar-refractivity contribution in [3.05, 3.63) is 75.2 Å². The number of hydrogen-bond acceptors (Lipinski definition) is 10. The number of fused-ring (bicyclic) bond motifs is 2. The molecule has 0 fully saturated rings. The third-order valence-electron chi connectivity index (χ3n) is 4.87. The maximum Gasteiger partial charge on any atom is 0.430 e. The highest BCUT2D eigenvalue weighted by molar-refractivity contribution is 7.79. The van der Waals surface area contributed by atoms with Crippen molar-refractivity contribution >= 4 is 83.8 Å². The highest BCUT2D eigenvalue weighted by Crippen LogP contribution is 2.42. The minimum absolute atomic E-state index is 0.0743. The zero-order valence-electron chi connectivity index (χ0n) is 19.7. The fourth-order valence-electron chi connectivity index (χ4n) is 3.10. The molecular weight excluding hydrogens is 661 g/mol. The van der Waals surface area contributed by atoms with Crippen LogP contribution in [0.3, 0.4) is 0 Å². The number of alkyl halides is 6. The quantitative estimate of drug-likeness (QED) is 0.116. The lowest BCUT2D eigenvalue weighted by atomic mass is 10.2. The third kappa shape index (κ3) is 7.69. The van der Waals surface area contributed by atoms with Gasteiger partial charge in [-0.15, -0.1) is 22.7 Å². The van der Waals surface area contributed by atoms with Crippen LogP contribution in [0.1, 0.15) is 22.0 Å². The Morgan fingerprint density at radius 2 is 1.32 bits per heavy atom. The van der Waals surface area contributed by atoms with E-state index in [0.717, 1.165) is 35.1 Å². The number of rotatable bonds is 4. The zero-order valence-corrected chi connectivity index (χ0v) is 23.6. The maximum absolute atomic E-state index is 13.4. The lowest BCUT2D eigenvalue weighted by Crippen LogP contribution is -2.26. The van der Waals surface area contributed by atoms with E-state index in [0.29, 0.717) is 20.4 Å². The summed E-state index contributed by atoms with van der Waals surface area (Å²) >= 11 is 17.9. The standard InChI is InChI=1S/C15H8ClF3N2O2S2.C8H4ClF3N2OS/c16-13-11-9(20-7-21-13)6-10(25-11)12(15(17,18)19)23-14(24)22-8-4-2-1-3-5-8;9-7-5-3(13-2-14-7)1-4(16-5)6(15)8(10,11)12/h1-7,12H;1-2,6,15H. The summed E-state index contributed by atoms with van der Waals surface area (Å²) in [6.07, 6.45) is -11.9. The van der Waals surface area contributed by atoms with E-state index in [1.54, 1.807) is 30.3 Å². The summed E-state index contributed by atoms with van der Waals surface area (Å²) < 4.78 is 87.7. The largest absolute Gasteiger partial charge is 0.438 e. The first kappa shape index (κ1) is 31.1. The number of ether oxygens (including phenoxy) is 2. The zero-order chi connectivity index (χ0) is 29.9. The summed E-state index contributed by atoms with van der Waals surface area (Å²) in [7, 11) is 0. The summed E-state index contributed by atoms with van der Waals surface area (Å²) in [6.45, 7) is 0. The van der Waals surface area contributed by atoms with Crippen LogP contribution in [0.5, 0.6) is 5.75 Å². The van der Waals surface area contributed by atoms with Crippen LogP contribution >= 0.6 is 58.1 Å². The molecule has 216 valence electrons. The van der Waals surface area contributed by atoms with E-state index in [1.165, 1.54) is 12.4 Å². The van der Waals surface area contributed by atoms with Crippen LogP contribution in [-0.4, -0.2) is 42.6 Å². The normalized spacial score (nSPS) is 13.4. The van der Waals surface area contributed by atoms with Crippen molar-refractivity contribution in [1.29, 1.82) is 0 Å². The molecule has 0 spiro atoms. The Labute approximate surface area is 249 Å². The number of thiocarbonyl (C=S) groups is 1. The molecule has 0 saturated carbocycles. The molecule has 18 heteroatoms. The van der Waals surface area contributed by atoms with Gasteiger partial charge < -0.3 is 14.6 Å². The van der Waals surface area contributed by atoms with Gasteiger partial charge in [-0.1, -0.05) is 41.4 Å². The van der Waals surface area contributed by atoms with Gasteiger partial charge in [-0.3, -0.25) is 0 Å². The average Bonchev–Trinajstić information content (AvgIpc) is 3.53. The molecule has 7 nitrogen and oxygen atoms in total. The minimum Gasteiger partial charge on any atom is -0.438 e. The number of aliphatic hydroxyl groups excluding tert-OH is 1. The maximum atomic E-state index is 13.4. The van der Waals surface area contributed by atoms with Gasteiger partial charge in [0.1, 0.15) is 28.7 Å². The summed E-state index contributed by atoms with van der Waals surface area (Å²) in [5.41, 5.74) is 0.594. The van der Waals surface area contributed by atoms with Gasteiger partial charge in [0.25, 0.3) is 0 Å².